The molecule has 0 aliphatic carbocycles. The third-order valence-electron chi connectivity index (χ3n) is 3.09. The standard InChI is InChI=1S/C15H17ClN2O2/c1-2-12(19)13(15-17-8-3-9-18-15)14(20)10-4-6-11(16)7-5-10/h4-7,20H,2-3,8-9H2,1H3,(H,17,18)/b14-13-. The van der Waals surface area contributed by atoms with Crippen molar-refractivity contribution in [2.24, 2.45) is 4.99 Å². The van der Waals surface area contributed by atoms with E-state index in [1.807, 2.05) is 0 Å². The number of carbonyl (C=O) groups is 1. The first-order valence-corrected chi connectivity index (χ1v) is 7.02. The molecule has 0 radical (unpaired) electrons. The number of ketones is 1. The van der Waals surface area contributed by atoms with Gasteiger partial charge in [-0.05, 0) is 30.7 Å². The second-order valence-electron chi connectivity index (χ2n) is 4.52. The maximum Gasteiger partial charge on any atom is 0.170 e. The van der Waals surface area contributed by atoms with Gasteiger partial charge in [-0.3, -0.25) is 9.79 Å². The molecule has 20 heavy (non-hydrogen) atoms. The molecule has 0 aromatic heterocycles. The third-order valence-corrected chi connectivity index (χ3v) is 3.34. The maximum atomic E-state index is 12.1. The quantitative estimate of drug-likeness (QED) is 0.662. The molecule has 1 heterocycles. The van der Waals surface area contributed by atoms with Crippen molar-refractivity contribution in [1.82, 2.24) is 5.32 Å². The largest absolute Gasteiger partial charge is 0.506 e. The number of Topliss-reactive ketones (excluding diaryl/α,β-unsaturated/α-hetero) is 1. The van der Waals surface area contributed by atoms with Gasteiger partial charge in [0, 0.05) is 30.1 Å². The van der Waals surface area contributed by atoms with E-state index in [-0.39, 0.29) is 17.1 Å². The van der Waals surface area contributed by atoms with Crippen molar-refractivity contribution in [2.75, 3.05) is 13.1 Å². The van der Waals surface area contributed by atoms with Gasteiger partial charge in [0.15, 0.2) is 5.78 Å². The Morgan fingerprint density at radius 3 is 2.65 bits per heavy atom. The summed E-state index contributed by atoms with van der Waals surface area (Å²) in [7, 11) is 0. The monoisotopic (exact) mass is 292 g/mol. The van der Waals surface area contributed by atoms with Gasteiger partial charge >= 0.3 is 0 Å². The summed E-state index contributed by atoms with van der Waals surface area (Å²) in [6.07, 6.45) is 1.24. The molecule has 5 heteroatoms. The highest BCUT2D eigenvalue weighted by molar-refractivity contribution is 6.30. The first-order valence-electron chi connectivity index (χ1n) is 6.64. The molecule has 1 aliphatic rings. The zero-order chi connectivity index (χ0) is 14.5. The summed E-state index contributed by atoms with van der Waals surface area (Å²) >= 11 is 5.83. The van der Waals surface area contributed by atoms with E-state index in [1.165, 1.54) is 0 Å². The Bertz CT molecular complexity index is 562. The number of nitrogens with zero attached hydrogens (tertiary/aromatic N) is 1. The summed E-state index contributed by atoms with van der Waals surface area (Å²) < 4.78 is 0. The van der Waals surface area contributed by atoms with Crippen LogP contribution in [0.3, 0.4) is 0 Å². The van der Waals surface area contributed by atoms with E-state index in [4.69, 9.17) is 11.6 Å². The first kappa shape index (κ1) is 14.6. The van der Waals surface area contributed by atoms with Gasteiger partial charge in [-0.25, -0.2) is 0 Å². The molecule has 0 spiro atoms. The molecule has 0 atom stereocenters. The Morgan fingerprint density at radius 1 is 1.40 bits per heavy atom. The zero-order valence-electron chi connectivity index (χ0n) is 11.3. The highest BCUT2D eigenvalue weighted by Crippen LogP contribution is 2.21. The van der Waals surface area contributed by atoms with Crippen LogP contribution in [0.25, 0.3) is 5.76 Å². The normalized spacial score (nSPS) is 16.0. The molecule has 0 amide bonds. The highest BCUT2D eigenvalue weighted by atomic mass is 35.5. The number of nitrogens with one attached hydrogen (secondary N) is 1. The number of halogens is 1. The lowest BCUT2D eigenvalue weighted by Crippen LogP contribution is -2.34. The molecule has 0 bridgehead atoms. The van der Waals surface area contributed by atoms with Gasteiger partial charge in [-0.2, -0.15) is 0 Å². The topological polar surface area (TPSA) is 61.7 Å². The minimum absolute atomic E-state index is 0.0540. The molecule has 0 unspecified atom stereocenters. The number of aliphatic imine (C=N–C) groups is 1. The second kappa shape index (κ2) is 6.57. The molecular weight excluding hydrogens is 276 g/mol. The van der Waals surface area contributed by atoms with Crippen molar-refractivity contribution < 1.29 is 9.90 Å². The van der Waals surface area contributed by atoms with Crippen molar-refractivity contribution >= 4 is 29.0 Å². The molecule has 1 aromatic rings. The molecule has 4 nitrogen and oxygen atoms in total. The van der Waals surface area contributed by atoms with E-state index in [2.05, 4.69) is 10.3 Å². The van der Waals surface area contributed by atoms with Crippen LogP contribution in [0.4, 0.5) is 0 Å². The van der Waals surface area contributed by atoms with Gasteiger partial charge in [0.1, 0.15) is 17.2 Å². The molecule has 2 rings (SSSR count). The number of aliphatic hydroxyl groups is 1. The minimum atomic E-state index is -0.134. The zero-order valence-corrected chi connectivity index (χ0v) is 12.1. The minimum Gasteiger partial charge on any atom is -0.506 e. The van der Waals surface area contributed by atoms with E-state index >= 15 is 0 Å². The van der Waals surface area contributed by atoms with E-state index in [9.17, 15) is 9.90 Å². The number of rotatable bonds is 4. The number of amidine groups is 1. The van der Waals surface area contributed by atoms with E-state index in [0.717, 1.165) is 13.0 Å². The Hall–Kier alpha value is -1.81. The molecule has 2 N–H and O–H groups in total. The molecule has 0 fully saturated rings. The van der Waals surface area contributed by atoms with Crippen LogP contribution in [-0.2, 0) is 4.79 Å². The Morgan fingerprint density at radius 2 is 2.10 bits per heavy atom. The fraction of sp³-hybridized carbons (Fsp3) is 0.333. The van der Waals surface area contributed by atoms with Crippen LogP contribution < -0.4 is 5.32 Å². The summed E-state index contributed by atoms with van der Waals surface area (Å²) in [5.74, 6) is 0.294. The van der Waals surface area contributed by atoms with Crippen molar-refractivity contribution in [1.29, 1.82) is 0 Å². The third kappa shape index (κ3) is 3.20. The summed E-state index contributed by atoms with van der Waals surface area (Å²) in [6, 6.07) is 6.72. The van der Waals surface area contributed by atoms with Crippen LogP contribution in [0.5, 0.6) is 0 Å². The summed E-state index contributed by atoms with van der Waals surface area (Å²) in [4.78, 5) is 16.4. The lowest BCUT2D eigenvalue weighted by molar-refractivity contribution is -0.114. The fourth-order valence-electron chi connectivity index (χ4n) is 2.01. The smallest absolute Gasteiger partial charge is 0.170 e. The van der Waals surface area contributed by atoms with Crippen LogP contribution >= 0.6 is 11.6 Å². The second-order valence-corrected chi connectivity index (χ2v) is 4.95. The molecular formula is C15H17ClN2O2. The maximum absolute atomic E-state index is 12.1. The molecule has 1 aromatic carbocycles. The first-order chi connectivity index (χ1) is 9.63. The van der Waals surface area contributed by atoms with Crippen LogP contribution in [-0.4, -0.2) is 29.8 Å². The SMILES string of the molecule is CCC(=O)/C(C1=NCCCN1)=C(/O)c1ccc(Cl)cc1. The molecule has 106 valence electrons. The van der Waals surface area contributed by atoms with Crippen LogP contribution in [0, 0.1) is 0 Å². The van der Waals surface area contributed by atoms with Gasteiger partial charge < -0.3 is 10.4 Å². The highest BCUT2D eigenvalue weighted by Gasteiger charge is 2.22. The Balaban J connectivity index is 2.48. The predicted molar refractivity (Wildman–Crippen MR) is 81.2 cm³/mol. The van der Waals surface area contributed by atoms with E-state index in [1.54, 1.807) is 31.2 Å². The fourth-order valence-corrected chi connectivity index (χ4v) is 2.13. The molecule has 1 aliphatic heterocycles. The number of aliphatic hydroxyl groups excluding tert-OH is 1. The predicted octanol–water partition coefficient (Wildman–Crippen LogP) is 2.98. The average molecular weight is 293 g/mol. The van der Waals surface area contributed by atoms with Gasteiger partial charge in [-0.1, -0.05) is 18.5 Å². The number of hydrogen-bond donors (Lipinski definition) is 2. The number of benzene rings is 1. The van der Waals surface area contributed by atoms with Crippen LogP contribution in [0.1, 0.15) is 25.3 Å². The van der Waals surface area contributed by atoms with Crippen LogP contribution in [0.2, 0.25) is 5.02 Å². The summed E-state index contributed by atoms with van der Waals surface area (Å²) in [6.45, 7) is 3.19. The van der Waals surface area contributed by atoms with E-state index in [0.29, 0.717) is 29.4 Å². The molecule has 0 saturated heterocycles. The van der Waals surface area contributed by atoms with Gasteiger partial charge in [0.2, 0.25) is 0 Å². The number of carbonyl (C=O) groups excluding carboxylic acids is 1. The van der Waals surface area contributed by atoms with Gasteiger partial charge in [0.25, 0.3) is 0 Å². The Labute approximate surface area is 123 Å². The van der Waals surface area contributed by atoms with Crippen molar-refractivity contribution in [2.45, 2.75) is 19.8 Å². The average Bonchev–Trinajstić information content (AvgIpc) is 2.49. The van der Waals surface area contributed by atoms with Crippen molar-refractivity contribution in [3.63, 3.8) is 0 Å². The van der Waals surface area contributed by atoms with Gasteiger partial charge in [0.05, 0.1) is 0 Å². The Kier molecular flexibility index (Phi) is 4.79. The molecule has 0 saturated carbocycles. The van der Waals surface area contributed by atoms with Gasteiger partial charge in [-0.15, -0.1) is 0 Å². The lowest BCUT2D eigenvalue weighted by atomic mass is 10.0. The van der Waals surface area contributed by atoms with Crippen LogP contribution in [0.15, 0.2) is 34.8 Å². The van der Waals surface area contributed by atoms with Crippen molar-refractivity contribution in [3.05, 3.63) is 40.4 Å². The lowest BCUT2D eigenvalue weighted by Gasteiger charge is -2.17. The van der Waals surface area contributed by atoms with E-state index < -0.39 is 0 Å². The number of hydrogen-bond acceptors (Lipinski definition) is 4. The summed E-state index contributed by atoms with van der Waals surface area (Å²) in [5.41, 5.74) is 0.816. The summed E-state index contributed by atoms with van der Waals surface area (Å²) in [5, 5.41) is 14.1. The van der Waals surface area contributed by atoms with Crippen molar-refractivity contribution in [3.8, 4) is 0 Å².